The maximum atomic E-state index is 10.3. The van der Waals surface area contributed by atoms with Crippen LogP contribution in [0.4, 0.5) is 0 Å². The lowest BCUT2D eigenvalue weighted by Crippen LogP contribution is -2.08. The maximum absolute atomic E-state index is 10.3. The average Bonchev–Trinajstić information content (AvgIpc) is 2.20. The highest BCUT2D eigenvalue weighted by atomic mass is 16.1. The van der Waals surface area contributed by atoms with Gasteiger partial charge in [0.15, 0.2) is 0 Å². The van der Waals surface area contributed by atoms with Crippen LogP contribution in [0.15, 0.2) is 29.2 Å². The smallest absolute Gasteiger partial charge is 0.247 e. The predicted molar refractivity (Wildman–Crippen MR) is 60.9 cm³/mol. The second-order valence-electron chi connectivity index (χ2n) is 3.14. The Morgan fingerprint density at radius 2 is 2.20 bits per heavy atom. The van der Waals surface area contributed by atoms with Gasteiger partial charge in [-0.2, -0.15) is 0 Å². The van der Waals surface area contributed by atoms with Crippen LogP contribution in [0, 0.1) is 0 Å². The summed E-state index contributed by atoms with van der Waals surface area (Å²) in [6.07, 6.45) is 3.27. The summed E-state index contributed by atoms with van der Waals surface area (Å²) >= 11 is 0. The van der Waals surface area contributed by atoms with Crippen LogP contribution in [-0.2, 0) is 4.79 Å². The zero-order valence-electron chi connectivity index (χ0n) is 9.25. The Morgan fingerprint density at radius 1 is 1.47 bits per heavy atom. The summed E-state index contributed by atoms with van der Waals surface area (Å²) in [6.45, 7) is 2.56. The fraction of sp³-hybridized carbons (Fsp3) is 0.455. The van der Waals surface area contributed by atoms with E-state index in [9.17, 15) is 9.59 Å². The van der Waals surface area contributed by atoms with Crippen LogP contribution in [0.3, 0.4) is 0 Å². The molecule has 84 valence electrons. The lowest BCUT2D eigenvalue weighted by molar-refractivity contribution is -0.117. The van der Waals surface area contributed by atoms with Crippen molar-refractivity contribution in [2.24, 2.45) is 0 Å². The van der Waals surface area contributed by atoms with Crippen LogP contribution in [0.25, 0.3) is 0 Å². The number of carbonyl (C=O) groups excluding carboxylic acids is 1. The van der Waals surface area contributed by atoms with E-state index < -0.39 is 0 Å². The molecule has 1 rings (SSSR count). The van der Waals surface area contributed by atoms with E-state index in [0.717, 1.165) is 13.0 Å². The van der Waals surface area contributed by atoms with E-state index in [1.54, 1.807) is 25.3 Å². The van der Waals surface area contributed by atoms with E-state index in [-0.39, 0.29) is 11.3 Å². The van der Waals surface area contributed by atoms with Gasteiger partial charge < -0.3 is 15.1 Å². The lowest BCUT2D eigenvalue weighted by atomic mass is 10.2. The fourth-order valence-corrected chi connectivity index (χ4v) is 0.891. The van der Waals surface area contributed by atoms with E-state index in [0.29, 0.717) is 6.42 Å². The van der Waals surface area contributed by atoms with Gasteiger partial charge in [0.2, 0.25) is 5.56 Å². The molecule has 0 fully saturated rings. The Morgan fingerprint density at radius 3 is 2.53 bits per heavy atom. The maximum Gasteiger partial charge on any atom is 0.247 e. The molecule has 0 aromatic carbocycles. The van der Waals surface area contributed by atoms with Gasteiger partial charge in [0.1, 0.15) is 5.78 Å². The highest BCUT2D eigenvalue weighted by molar-refractivity contribution is 5.75. The van der Waals surface area contributed by atoms with Gasteiger partial charge in [0.25, 0.3) is 0 Å². The Balaban J connectivity index is 0.000000262. The molecule has 0 spiro atoms. The molecule has 15 heavy (non-hydrogen) atoms. The van der Waals surface area contributed by atoms with Crippen molar-refractivity contribution >= 4 is 5.78 Å². The van der Waals surface area contributed by atoms with Gasteiger partial charge in [0, 0.05) is 18.7 Å². The van der Waals surface area contributed by atoms with Crippen LogP contribution >= 0.6 is 0 Å². The first-order chi connectivity index (χ1) is 7.16. The van der Waals surface area contributed by atoms with Crippen molar-refractivity contribution in [2.75, 3.05) is 13.6 Å². The third-order valence-corrected chi connectivity index (χ3v) is 1.64. The molecule has 1 heterocycles. The first-order valence-corrected chi connectivity index (χ1v) is 4.94. The minimum atomic E-state index is -0.0532. The number of pyridine rings is 1. The summed E-state index contributed by atoms with van der Waals surface area (Å²) in [5.74, 6) is 0.278. The first-order valence-electron chi connectivity index (χ1n) is 4.94. The minimum Gasteiger partial charge on any atom is -0.329 e. The number of nitrogens with one attached hydrogen (secondary N) is 2. The van der Waals surface area contributed by atoms with E-state index in [2.05, 4.69) is 10.3 Å². The predicted octanol–water partition coefficient (Wildman–Crippen LogP) is 0.950. The minimum absolute atomic E-state index is 0.0532. The number of hydrogen-bond acceptors (Lipinski definition) is 3. The molecule has 0 aliphatic heterocycles. The summed E-state index contributed by atoms with van der Waals surface area (Å²) < 4.78 is 0. The number of Topliss-reactive ketones (excluding diaryl/α,β-unsaturated/α-hetero) is 1. The second kappa shape index (κ2) is 9.15. The molecule has 0 saturated carbocycles. The molecule has 0 saturated heterocycles. The van der Waals surface area contributed by atoms with E-state index >= 15 is 0 Å². The average molecular weight is 210 g/mol. The van der Waals surface area contributed by atoms with E-state index in [4.69, 9.17) is 0 Å². The van der Waals surface area contributed by atoms with Crippen LogP contribution in [-0.4, -0.2) is 24.4 Å². The van der Waals surface area contributed by atoms with Crippen LogP contribution in [0.5, 0.6) is 0 Å². The molecule has 0 amide bonds. The summed E-state index contributed by atoms with van der Waals surface area (Å²) in [5.41, 5.74) is -0.0532. The molecule has 2 N–H and O–H groups in total. The number of carbonyl (C=O) groups is 1. The molecule has 0 aliphatic carbocycles. The van der Waals surface area contributed by atoms with Crippen molar-refractivity contribution in [3.8, 4) is 0 Å². The molecule has 1 aromatic rings. The van der Waals surface area contributed by atoms with Crippen molar-refractivity contribution in [1.82, 2.24) is 10.3 Å². The normalized spacial score (nSPS) is 8.93. The highest BCUT2D eigenvalue weighted by Gasteiger charge is 1.89. The molecule has 0 bridgehead atoms. The van der Waals surface area contributed by atoms with Crippen LogP contribution in [0.1, 0.15) is 19.8 Å². The number of rotatable bonds is 4. The summed E-state index contributed by atoms with van der Waals surface area (Å²) in [6, 6.07) is 4.93. The summed E-state index contributed by atoms with van der Waals surface area (Å²) in [4.78, 5) is 23.0. The molecule has 0 radical (unpaired) electrons. The molecule has 0 unspecified atom stereocenters. The quantitative estimate of drug-likeness (QED) is 0.727. The molecule has 0 aliphatic rings. The third kappa shape index (κ3) is 10.5. The number of hydrogen-bond donors (Lipinski definition) is 2. The van der Waals surface area contributed by atoms with Crippen molar-refractivity contribution in [1.29, 1.82) is 0 Å². The van der Waals surface area contributed by atoms with Crippen LogP contribution < -0.4 is 10.9 Å². The number of aromatic amines is 1. The highest BCUT2D eigenvalue weighted by Crippen LogP contribution is 1.85. The third-order valence-electron chi connectivity index (χ3n) is 1.64. The molecule has 4 heteroatoms. The van der Waals surface area contributed by atoms with Gasteiger partial charge in [-0.05, 0) is 33.0 Å². The summed E-state index contributed by atoms with van der Waals surface area (Å²) in [7, 11) is 1.89. The topological polar surface area (TPSA) is 62.0 Å². The lowest BCUT2D eigenvalue weighted by Gasteiger charge is -1.93. The van der Waals surface area contributed by atoms with Gasteiger partial charge in [-0.25, -0.2) is 0 Å². The van der Waals surface area contributed by atoms with E-state index in [1.165, 1.54) is 6.07 Å². The van der Waals surface area contributed by atoms with Gasteiger partial charge >= 0.3 is 0 Å². The first kappa shape index (κ1) is 13.6. The van der Waals surface area contributed by atoms with Crippen molar-refractivity contribution in [3.63, 3.8) is 0 Å². The molecular formula is C11H18N2O2. The Kier molecular flexibility index (Phi) is 8.28. The molecule has 0 atom stereocenters. The standard InChI is InChI=1S/C6H13NO.C5H5NO/c1-6(8)4-3-5-7-2;7-5-3-1-2-4-6-5/h7H,3-5H2,1-2H3;1-4H,(H,6,7). The zero-order chi connectivity index (χ0) is 11.5. The Bertz CT molecular complexity index is 303. The molecule has 4 nitrogen and oxygen atoms in total. The second-order valence-corrected chi connectivity index (χ2v) is 3.14. The van der Waals surface area contributed by atoms with Crippen molar-refractivity contribution in [3.05, 3.63) is 34.7 Å². The van der Waals surface area contributed by atoms with Gasteiger partial charge in [-0.1, -0.05) is 6.07 Å². The van der Waals surface area contributed by atoms with Crippen LogP contribution in [0.2, 0.25) is 0 Å². The fourth-order valence-electron chi connectivity index (χ4n) is 0.891. The van der Waals surface area contributed by atoms with E-state index in [1.807, 2.05) is 7.05 Å². The number of H-pyrrole nitrogens is 1. The monoisotopic (exact) mass is 210 g/mol. The number of aromatic nitrogens is 1. The zero-order valence-corrected chi connectivity index (χ0v) is 9.25. The Labute approximate surface area is 89.7 Å². The van der Waals surface area contributed by atoms with Gasteiger partial charge in [0.05, 0.1) is 0 Å². The molecule has 1 aromatic heterocycles. The largest absolute Gasteiger partial charge is 0.329 e. The molecular weight excluding hydrogens is 192 g/mol. The van der Waals surface area contributed by atoms with Gasteiger partial charge in [-0.3, -0.25) is 4.79 Å². The van der Waals surface area contributed by atoms with Crippen molar-refractivity contribution < 1.29 is 4.79 Å². The van der Waals surface area contributed by atoms with Gasteiger partial charge in [-0.15, -0.1) is 0 Å². The summed E-state index contributed by atoms with van der Waals surface area (Å²) in [5, 5.41) is 2.97. The Hall–Kier alpha value is -1.42. The van der Waals surface area contributed by atoms with Crippen molar-refractivity contribution in [2.45, 2.75) is 19.8 Å². The SMILES string of the molecule is CNCCCC(C)=O.O=c1cccc[nH]1. The number of ketones is 1.